The number of carbonyl (C=O) groups excluding carboxylic acids is 2. The van der Waals surface area contributed by atoms with Gasteiger partial charge in [-0.05, 0) is 59.7 Å². The molecule has 1 aliphatic rings. The molecule has 1 aliphatic heterocycles. The van der Waals surface area contributed by atoms with Crippen LogP contribution in [0.2, 0.25) is 0 Å². The summed E-state index contributed by atoms with van der Waals surface area (Å²) in [6, 6.07) is 3.92. The van der Waals surface area contributed by atoms with Crippen LogP contribution in [-0.2, 0) is 9.47 Å². The second-order valence-electron chi connectivity index (χ2n) is 10.9. The number of nitrogens with one attached hydrogen (secondary N) is 1. The third kappa shape index (κ3) is 5.76. The van der Waals surface area contributed by atoms with Gasteiger partial charge in [-0.15, -0.1) is 0 Å². The van der Waals surface area contributed by atoms with Crippen molar-refractivity contribution in [2.45, 2.75) is 73.7 Å². The van der Waals surface area contributed by atoms with Crippen molar-refractivity contribution in [2.24, 2.45) is 10.4 Å². The minimum atomic E-state index is -1.78. The summed E-state index contributed by atoms with van der Waals surface area (Å²) in [4.78, 5) is 45.4. The van der Waals surface area contributed by atoms with Crippen LogP contribution in [0.15, 0.2) is 28.9 Å². The van der Waals surface area contributed by atoms with Gasteiger partial charge >= 0.3 is 12.2 Å². The molecule has 0 aliphatic carbocycles. The Morgan fingerprint density at radius 2 is 1.71 bits per heavy atom. The number of carboxylic acid groups (broad SMARTS) is 1. The summed E-state index contributed by atoms with van der Waals surface area (Å²) in [7, 11) is 1.37. The molecule has 2 N–H and O–H groups in total. The number of nitrogens with zero attached hydrogens (tertiary/aromatic N) is 3. The van der Waals surface area contributed by atoms with Gasteiger partial charge in [0.25, 0.3) is 11.8 Å². The zero-order valence-electron chi connectivity index (χ0n) is 23.9. The smallest absolute Gasteiger partial charge is 0.420 e. The van der Waals surface area contributed by atoms with Gasteiger partial charge in [0.05, 0.1) is 12.7 Å². The predicted octanol–water partition coefficient (Wildman–Crippen LogP) is 5.30. The van der Waals surface area contributed by atoms with Crippen LogP contribution < -0.4 is 5.32 Å². The maximum absolute atomic E-state index is 14.7. The van der Waals surface area contributed by atoms with Crippen LogP contribution in [0.3, 0.4) is 0 Å². The largest absolute Gasteiger partial charge is 0.481 e. The quantitative estimate of drug-likeness (QED) is 0.526. The Kier molecular flexibility index (Phi) is 8.86. The fourth-order valence-corrected chi connectivity index (χ4v) is 4.71. The molecule has 0 bridgehead atoms. The Morgan fingerprint density at radius 3 is 2.16 bits per heavy atom. The van der Waals surface area contributed by atoms with Gasteiger partial charge in [-0.25, -0.2) is 19.3 Å². The highest BCUT2D eigenvalue weighted by Crippen LogP contribution is 2.49. The summed E-state index contributed by atoms with van der Waals surface area (Å²) in [6.45, 7) is 17.3. The number of methoxy groups -OCH3 is 1. The third-order valence-corrected chi connectivity index (χ3v) is 6.28. The first kappa shape index (κ1) is 30.6. The number of hydrogen-bond donors (Lipinski definition) is 2. The SMILES string of the molecule is CCN(CC)C(=O)c1ccc(F)cc1C1=C(C)N(C(C)(C)C)C(OC(=O)NC(=O)O)(C(C)(C)C)N=C1OC. The summed E-state index contributed by atoms with van der Waals surface area (Å²) in [6.07, 6.45) is -2.80. The Morgan fingerprint density at radius 1 is 1.13 bits per heavy atom. The van der Waals surface area contributed by atoms with Crippen LogP contribution in [-0.4, -0.2) is 70.5 Å². The van der Waals surface area contributed by atoms with E-state index in [1.807, 2.05) is 34.6 Å². The van der Waals surface area contributed by atoms with E-state index < -0.39 is 34.8 Å². The van der Waals surface area contributed by atoms with Crippen molar-refractivity contribution >= 4 is 29.6 Å². The molecule has 210 valence electrons. The van der Waals surface area contributed by atoms with E-state index in [1.165, 1.54) is 25.3 Å². The predicted molar refractivity (Wildman–Crippen MR) is 142 cm³/mol. The molecule has 1 unspecified atom stereocenters. The Balaban J connectivity index is 2.97. The number of imide groups is 1. The summed E-state index contributed by atoms with van der Waals surface area (Å²) in [5, 5.41) is 10.8. The number of rotatable bonds is 5. The lowest BCUT2D eigenvalue weighted by atomic mass is 9.82. The van der Waals surface area contributed by atoms with Crippen LogP contribution in [0, 0.1) is 11.2 Å². The van der Waals surface area contributed by atoms with Gasteiger partial charge in [0.15, 0.2) is 0 Å². The molecule has 11 heteroatoms. The highest BCUT2D eigenvalue weighted by atomic mass is 19.1. The molecule has 1 atom stereocenters. The zero-order chi connectivity index (χ0) is 29.2. The number of benzene rings is 1. The molecule has 1 aromatic carbocycles. The first-order valence-corrected chi connectivity index (χ1v) is 12.4. The average molecular weight is 535 g/mol. The Hall–Kier alpha value is -3.63. The molecule has 10 nitrogen and oxygen atoms in total. The lowest BCUT2D eigenvalue weighted by molar-refractivity contribution is -0.187. The highest BCUT2D eigenvalue weighted by molar-refractivity contribution is 6.23. The van der Waals surface area contributed by atoms with Gasteiger partial charge in [0.1, 0.15) is 5.82 Å². The monoisotopic (exact) mass is 534 g/mol. The van der Waals surface area contributed by atoms with E-state index in [9.17, 15) is 18.8 Å². The van der Waals surface area contributed by atoms with Gasteiger partial charge in [-0.2, -0.15) is 4.99 Å². The van der Waals surface area contributed by atoms with Gasteiger partial charge < -0.3 is 24.4 Å². The van der Waals surface area contributed by atoms with Gasteiger partial charge in [0, 0.05) is 40.9 Å². The standard InChI is InChI=1S/C27H39FN4O6/c1-11-31(12-2)22(33)18-14-13-17(28)15-19(18)20-16(3)32(26(7,8)9)27(25(4,5)6,30-21(20)37-10)38-24(36)29-23(34)35/h13-15H,11-12H2,1-10H3,(H,29,36)(H,34,35). The topological polar surface area (TPSA) is 121 Å². The second-order valence-corrected chi connectivity index (χ2v) is 10.9. The lowest BCUT2D eigenvalue weighted by Gasteiger charge is -2.56. The van der Waals surface area contributed by atoms with Gasteiger partial charge in [-0.1, -0.05) is 20.8 Å². The molecule has 0 aromatic heterocycles. The van der Waals surface area contributed by atoms with E-state index in [-0.39, 0.29) is 22.9 Å². The molecule has 0 radical (unpaired) electrons. The van der Waals surface area contributed by atoms with E-state index in [0.717, 1.165) is 0 Å². The molecule has 2 rings (SSSR count). The number of amides is 3. The van der Waals surface area contributed by atoms with E-state index in [0.29, 0.717) is 24.4 Å². The van der Waals surface area contributed by atoms with E-state index in [1.54, 1.807) is 42.8 Å². The number of ether oxygens (including phenoxy) is 2. The van der Waals surface area contributed by atoms with Crippen LogP contribution >= 0.6 is 0 Å². The van der Waals surface area contributed by atoms with Crippen molar-refractivity contribution in [3.8, 4) is 0 Å². The van der Waals surface area contributed by atoms with Crippen LogP contribution in [0.1, 0.15) is 78.2 Å². The third-order valence-electron chi connectivity index (χ3n) is 6.28. The van der Waals surface area contributed by atoms with Gasteiger partial charge in [-0.3, -0.25) is 4.79 Å². The zero-order valence-corrected chi connectivity index (χ0v) is 23.9. The summed E-state index contributed by atoms with van der Waals surface area (Å²) < 4.78 is 26.2. The molecule has 0 saturated heterocycles. The first-order valence-electron chi connectivity index (χ1n) is 12.4. The fourth-order valence-electron chi connectivity index (χ4n) is 4.71. The minimum absolute atomic E-state index is 0.000229. The molecular weight excluding hydrogens is 495 g/mol. The summed E-state index contributed by atoms with van der Waals surface area (Å²) in [5.74, 6) is -2.62. The molecule has 0 fully saturated rings. The van der Waals surface area contributed by atoms with E-state index in [4.69, 9.17) is 19.6 Å². The van der Waals surface area contributed by atoms with Crippen molar-refractivity contribution in [3.05, 3.63) is 40.8 Å². The van der Waals surface area contributed by atoms with Crippen LogP contribution in [0.4, 0.5) is 14.0 Å². The first-order chi connectivity index (χ1) is 17.4. The number of allylic oxidation sites excluding steroid dienone is 1. The maximum atomic E-state index is 14.7. The number of aliphatic imine (C=N–C) groups is 1. The van der Waals surface area contributed by atoms with E-state index >= 15 is 0 Å². The Bertz CT molecular complexity index is 1160. The molecule has 38 heavy (non-hydrogen) atoms. The number of hydrogen-bond acceptors (Lipinski definition) is 7. The molecule has 0 saturated carbocycles. The van der Waals surface area contributed by atoms with E-state index in [2.05, 4.69) is 0 Å². The fraction of sp³-hybridized carbons (Fsp3) is 0.556. The van der Waals surface area contributed by atoms with Crippen LogP contribution in [0.5, 0.6) is 0 Å². The Labute approximate surface area is 223 Å². The minimum Gasteiger partial charge on any atom is -0.481 e. The molecule has 1 heterocycles. The van der Waals surface area contributed by atoms with Crippen molar-refractivity contribution in [3.63, 3.8) is 0 Å². The van der Waals surface area contributed by atoms with Crippen molar-refractivity contribution in [1.82, 2.24) is 15.1 Å². The highest BCUT2D eigenvalue weighted by Gasteiger charge is 2.58. The molecule has 1 aromatic rings. The van der Waals surface area contributed by atoms with Crippen molar-refractivity contribution in [2.75, 3.05) is 20.2 Å². The normalized spacial score (nSPS) is 18.1. The van der Waals surface area contributed by atoms with Crippen molar-refractivity contribution < 1.29 is 33.4 Å². The lowest BCUT2D eigenvalue weighted by Crippen LogP contribution is -2.66. The number of carbonyl (C=O) groups is 3. The maximum Gasteiger partial charge on any atom is 0.420 e. The van der Waals surface area contributed by atoms with Crippen LogP contribution in [0.25, 0.3) is 5.57 Å². The number of halogens is 1. The molecular formula is C27H39FN4O6. The summed E-state index contributed by atoms with van der Waals surface area (Å²) in [5.41, 5.74) is -0.316. The number of alkyl carbamates (subject to hydrolysis) is 1. The molecule has 0 spiro atoms. The van der Waals surface area contributed by atoms with Gasteiger partial charge in [0.2, 0.25) is 5.90 Å². The summed E-state index contributed by atoms with van der Waals surface area (Å²) >= 11 is 0. The molecule has 3 amide bonds. The second kappa shape index (κ2) is 11.0. The van der Waals surface area contributed by atoms with Crippen molar-refractivity contribution in [1.29, 1.82) is 0 Å². The average Bonchev–Trinajstić information content (AvgIpc) is 2.77.